The summed E-state index contributed by atoms with van der Waals surface area (Å²) >= 11 is 18.9. The van der Waals surface area contributed by atoms with Crippen molar-refractivity contribution in [3.8, 4) is 0 Å². The van der Waals surface area contributed by atoms with Crippen LogP contribution in [0.3, 0.4) is 0 Å². The van der Waals surface area contributed by atoms with Gasteiger partial charge < -0.3 is 20.1 Å². The summed E-state index contributed by atoms with van der Waals surface area (Å²) in [6, 6.07) is 4.92. The van der Waals surface area contributed by atoms with Crippen LogP contribution in [-0.2, 0) is 11.2 Å². The predicted octanol–water partition coefficient (Wildman–Crippen LogP) is 4.62. The molecule has 33 heavy (non-hydrogen) atoms. The molecule has 3 N–H and O–H groups in total. The second kappa shape index (κ2) is 8.70. The SMILES string of the molecule is Cc1cc(C(=O)O)c(C(=O)N2C(c3cccc(Cl)c3Cl)c3nc[nH]c3C[C@@H]2C(=O)O)cc1Cl. The molecule has 0 saturated heterocycles. The van der Waals surface area contributed by atoms with Crippen molar-refractivity contribution in [2.75, 3.05) is 0 Å². The third-order valence-corrected chi connectivity index (χ3v) is 6.82. The third-order valence-electron chi connectivity index (χ3n) is 5.58. The number of carbonyl (C=O) groups excluding carboxylic acids is 1. The number of aromatic amines is 1. The van der Waals surface area contributed by atoms with Crippen molar-refractivity contribution in [2.45, 2.75) is 25.4 Å². The van der Waals surface area contributed by atoms with Gasteiger partial charge in [-0.15, -0.1) is 0 Å². The number of H-pyrrole nitrogens is 1. The standard InChI is InChI=1S/C22H16Cl3N3O5/c1-9-5-12(21(30)31)11(6-14(9)24)20(29)28-16(22(32)33)7-15-18(27-8-26-15)19(28)10-3-2-4-13(23)17(10)25/h2-6,8,16,19H,7H2,1H3,(H,26,27)(H,30,31)(H,32,33)/t16-,19?/m1/s1. The fourth-order valence-corrected chi connectivity index (χ4v) is 4.58. The van der Waals surface area contributed by atoms with Gasteiger partial charge in [-0.25, -0.2) is 14.6 Å². The zero-order valence-electron chi connectivity index (χ0n) is 17.0. The first-order chi connectivity index (χ1) is 15.6. The largest absolute Gasteiger partial charge is 0.480 e. The Bertz CT molecular complexity index is 1310. The van der Waals surface area contributed by atoms with Gasteiger partial charge in [0.25, 0.3) is 5.91 Å². The van der Waals surface area contributed by atoms with Crippen LogP contribution < -0.4 is 0 Å². The van der Waals surface area contributed by atoms with E-state index in [9.17, 15) is 24.6 Å². The van der Waals surface area contributed by atoms with E-state index < -0.39 is 29.9 Å². The van der Waals surface area contributed by atoms with Gasteiger partial charge in [0.05, 0.1) is 33.2 Å². The number of carboxylic acids is 2. The van der Waals surface area contributed by atoms with E-state index in [0.29, 0.717) is 22.5 Å². The Morgan fingerprint density at radius 3 is 2.48 bits per heavy atom. The summed E-state index contributed by atoms with van der Waals surface area (Å²) in [6.45, 7) is 1.61. The predicted molar refractivity (Wildman–Crippen MR) is 121 cm³/mol. The highest BCUT2D eigenvalue weighted by Gasteiger charge is 2.45. The van der Waals surface area contributed by atoms with E-state index in [1.165, 1.54) is 18.5 Å². The number of nitrogens with one attached hydrogen (secondary N) is 1. The van der Waals surface area contributed by atoms with Crippen LogP contribution in [0.2, 0.25) is 15.1 Å². The average molecular weight is 509 g/mol. The van der Waals surface area contributed by atoms with Crippen molar-refractivity contribution in [1.29, 1.82) is 0 Å². The van der Waals surface area contributed by atoms with E-state index in [4.69, 9.17) is 34.8 Å². The van der Waals surface area contributed by atoms with Crippen LogP contribution in [0, 0.1) is 6.92 Å². The van der Waals surface area contributed by atoms with Crippen molar-refractivity contribution in [3.05, 3.63) is 85.4 Å². The summed E-state index contributed by atoms with van der Waals surface area (Å²) in [4.78, 5) is 46.3. The fraction of sp³-hybridized carbons (Fsp3) is 0.182. The fourth-order valence-electron chi connectivity index (χ4n) is 4.00. The molecule has 0 fully saturated rings. The Balaban J connectivity index is 1.98. The number of aliphatic carboxylic acids is 1. The number of benzene rings is 2. The number of aryl methyl sites for hydroxylation is 1. The highest BCUT2D eigenvalue weighted by Crippen LogP contribution is 2.42. The highest BCUT2D eigenvalue weighted by molar-refractivity contribution is 6.42. The van der Waals surface area contributed by atoms with E-state index in [-0.39, 0.29) is 32.6 Å². The van der Waals surface area contributed by atoms with Crippen molar-refractivity contribution < 1.29 is 24.6 Å². The number of rotatable bonds is 4. The summed E-state index contributed by atoms with van der Waals surface area (Å²) < 4.78 is 0. The number of amides is 1. The molecule has 3 aromatic rings. The molecular weight excluding hydrogens is 493 g/mol. The molecule has 1 aliphatic heterocycles. The number of nitrogens with zero attached hydrogens (tertiary/aromatic N) is 2. The second-order valence-electron chi connectivity index (χ2n) is 7.53. The number of carboxylic acid groups (broad SMARTS) is 2. The molecular formula is C22H16Cl3N3O5. The Labute approximate surface area is 202 Å². The number of fused-ring (bicyclic) bond motifs is 1. The van der Waals surface area contributed by atoms with Gasteiger partial charge in [0.2, 0.25) is 0 Å². The summed E-state index contributed by atoms with van der Waals surface area (Å²) in [5.74, 6) is -3.46. The van der Waals surface area contributed by atoms with Crippen molar-refractivity contribution in [1.82, 2.24) is 14.9 Å². The number of hydrogen-bond donors (Lipinski definition) is 3. The molecule has 0 radical (unpaired) electrons. The van der Waals surface area contributed by atoms with Gasteiger partial charge in [-0.3, -0.25) is 4.79 Å². The van der Waals surface area contributed by atoms with E-state index >= 15 is 0 Å². The van der Waals surface area contributed by atoms with E-state index in [1.54, 1.807) is 25.1 Å². The summed E-state index contributed by atoms with van der Waals surface area (Å²) in [5, 5.41) is 20.2. The second-order valence-corrected chi connectivity index (χ2v) is 8.73. The molecule has 0 spiro atoms. The average Bonchev–Trinajstić information content (AvgIpc) is 3.24. The maximum absolute atomic E-state index is 13.8. The molecule has 2 aromatic carbocycles. The molecule has 2 heterocycles. The smallest absolute Gasteiger partial charge is 0.336 e. The zero-order chi connectivity index (χ0) is 24.0. The van der Waals surface area contributed by atoms with Gasteiger partial charge in [0.15, 0.2) is 0 Å². The molecule has 2 atom stereocenters. The molecule has 170 valence electrons. The van der Waals surface area contributed by atoms with E-state index in [0.717, 1.165) is 4.90 Å². The summed E-state index contributed by atoms with van der Waals surface area (Å²) in [6.07, 6.45) is 1.33. The minimum atomic E-state index is -1.35. The van der Waals surface area contributed by atoms with Crippen molar-refractivity contribution >= 4 is 52.6 Å². The molecule has 4 rings (SSSR count). The lowest BCUT2D eigenvalue weighted by molar-refractivity contribution is -0.143. The van der Waals surface area contributed by atoms with Crippen LogP contribution >= 0.6 is 34.8 Å². The monoisotopic (exact) mass is 507 g/mol. The van der Waals surface area contributed by atoms with Crippen LogP contribution in [-0.4, -0.2) is 49.0 Å². The molecule has 8 nitrogen and oxygen atoms in total. The van der Waals surface area contributed by atoms with Crippen LogP contribution in [0.15, 0.2) is 36.7 Å². The van der Waals surface area contributed by atoms with Gasteiger partial charge in [-0.2, -0.15) is 0 Å². The topological polar surface area (TPSA) is 124 Å². The highest BCUT2D eigenvalue weighted by atomic mass is 35.5. The van der Waals surface area contributed by atoms with E-state index in [2.05, 4.69) is 9.97 Å². The minimum Gasteiger partial charge on any atom is -0.480 e. The Morgan fingerprint density at radius 2 is 1.82 bits per heavy atom. The lowest BCUT2D eigenvalue weighted by atomic mass is 9.89. The van der Waals surface area contributed by atoms with Gasteiger partial charge >= 0.3 is 11.9 Å². The van der Waals surface area contributed by atoms with Gasteiger partial charge in [-0.1, -0.05) is 46.9 Å². The molecule has 0 saturated carbocycles. The molecule has 1 aliphatic rings. The molecule has 11 heteroatoms. The van der Waals surface area contributed by atoms with Crippen LogP contribution in [0.1, 0.15) is 49.3 Å². The number of aromatic nitrogens is 2. The molecule has 0 aliphatic carbocycles. The van der Waals surface area contributed by atoms with Crippen molar-refractivity contribution in [3.63, 3.8) is 0 Å². The normalized spacial score (nSPS) is 17.5. The van der Waals surface area contributed by atoms with Crippen LogP contribution in [0.4, 0.5) is 0 Å². The van der Waals surface area contributed by atoms with Crippen LogP contribution in [0.25, 0.3) is 0 Å². The summed E-state index contributed by atoms with van der Waals surface area (Å²) in [7, 11) is 0. The maximum atomic E-state index is 13.8. The minimum absolute atomic E-state index is 0.0624. The van der Waals surface area contributed by atoms with Gasteiger partial charge in [0, 0.05) is 22.7 Å². The Hall–Kier alpha value is -3.07. The zero-order valence-corrected chi connectivity index (χ0v) is 19.2. The van der Waals surface area contributed by atoms with Crippen molar-refractivity contribution in [2.24, 2.45) is 0 Å². The quantitative estimate of drug-likeness (QED) is 0.472. The number of carbonyl (C=O) groups is 3. The number of hydrogen-bond acceptors (Lipinski definition) is 4. The van der Waals surface area contributed by atoms with Crippen LogP contribution in [0.5, 0.6) is 0 Å². The number of imidazole rings is 1. The molecule has 1 unspecified atom stereocenters. The molecule has 1 aromatic heterocycles. The lowest BCUT2D eigenvalue weighted by Crippen LogP contribution is -2.52. The molecule has 1 amide bonds. The van der Waals surface area contributed by atoms with Gasteiger partial charge in [-0.05, 0) is 30.7 Å². The maximum Gasteiger partial charge on any atom is 0.336 e. The summed E-state index contributed by atoms with van der Waals surface area (Å²) in [5.41, 5.74) is 1.18. The number of halogens is 3. The number of aromatic carboxylic acids is 1. The first-order valence-corrected chi connectivity index (χ1v) is 10.8. The first-order valence-electron chi connectivity index (χ1n) is 9.66. The molecule has 0 bridgehead atoms. The van der Waals surface area contributed by atoms with E-state index in [1.807, 2.05) is 0 Å². The lowest BCUT2D eigenvalue weighted by Gasteiger charge is -2.40. The van der Waals surface area contributed by atoms with Gasteiger partial charge in [0.1, 0.15) is 12.1 Å². The Morgan fingerprint density at radius 1 is 1.09 bits per heavy atom. The third kappa shape index (κ3) is 3.94. The Kier molecular flexibility index (Phi) is 6.09. The first kappa shape index (κ1) is 23.1.